The fourth-order valence-corrected chi connectivity index (χ4v) is 5.36. The van der Waals surface area contributed by atoms with Gasteiger partial charge in [-0.25, -0.2) is 9.97 Å². The third kappa shape index (κ3) is 3.90. The second-order valence-electron chi connectivity index (χ2n) is 8.89. The van der Waals surface area contributed by atoms with Gasteiger partial charge in [-0.1, -0.05) is 6.92 Å². The minimum absolute atomic E-state index is 0.0903. The SMILES string of the molecule is CCCc1nc2c(sc3nc4c(cc32)COC(C)(C)C4)c(=O)n1CC[NH+](CC)CC. The van der Waals surface area contributed by atoms with E-state index in [-0.39, 0.29) is 11.2 Å². The van der Waals surface area contributed by atoms with Crippen molar-refractivity contribution in [1.82, 2.24) is 14.5 Å². The molecule has 1 aliphatic heterocycles. The summed E-state index contributed by atoms with van der Waals surface area (Å²) in [7, 11) is 0. The molecule has 0 unspecified atom stereocenters. The molecule has 4 heterocycles. The summed E-state index contributed by atoms with van der Waals surface area (Å²) in [4.78, 5) is 25.8. The monoisotopic (exact) mass is 429 g/mol. The molecular formula is C23H33N4O2S+. The van der Waals surface area contributed by atoms with E-state index in [1.54, 1.807) is 0 Å². The molecule has 6 nitrogen and oxygen atoms in total. The van der Waals surface area contributed by atoms with Gasteiger partial charge in [-0.3, -0.25) is 9.36 Å². The number of rotatable bonds is 7. The van der Waals surface area contributed by atoms with Crippen molar-refractivity contribution in [2.45, 2.75) is 72.6 Å². The quantitative estimate of drug-likeness (QED) is 0.627. The molecule has 0 radical (unpaired) electrons. The number of aryl methyl sites for hydroxylation is 1. The molecule has 0 bridgehead atoms. The molecule has 0 spiro atoms. The second-order valence-corrected chi connectivity index (χ2v) is 9.89. The average molecular weight is 430 g/mol. The van der Waals surface area contributed by atoms with Gasteiger partial charge in [0.05, 0.1) is 49.6 Å². The molecule has 1 aliphatic rings. The Morgan fingerprint density at radius 3 is 2.70 bits per heavy atom. The van der Waals surface area contributed by atoms with Crippen LogP contribution in [-0.4, -0.2) is 39.8 Å². The summed E-state index contributed by atoms with van der Waals surface area (Å²) >= 11 is 1.49. The minimum atomic E-state index is -0.198. The number of nitrogens with one attached hydrogen (secondary N) is 1. The topological polar surface area (TPSA) is 61.5 Å². The van der Waals surface area contributed by atoms with Gasteiger partial charge < -0.3 is 9.64 Å². The van der Waals surface area contributed by atoms with Gasteiger partial charge in [0.15, 0.2) is 0 Å². The standard InChI is InChI=1S/C23H32N4O2S/c1-6-9-18-25-19-16-12-15-14-29-23(4,5)13-17(15)24-21(16)30-20(19)22(28)27(18)11-10-26(7-2)8-3/h12H,6-11,13-14H2,1-5H3/p+1. The van der Waals surface area contributed by atoms with Crippen LogP contribution in [0.5, 0.6) is 0 Å². The highest BCUT2D eigenvalue weighted by molar-refractivity contribution is 7.25. The number of ether oxygens (including phenoxy) is 1. The Bertz CT molecular complexity index is 1130. The average Bonchev–Trinajstić information content (AvgIpc) is 3.06. The van der Waals surface area contributed by atoms with Gasteiger partial charge in [-0.05, 0) is 40.2 Å². The molecule has 30 heavy (non-hydrogen) atoms. The molecule has 0 fully saturated rings. The Labute approximate surface area is 181 Å². The summed E-state index contributed by atoms with van der Waals surface area (Å²) in [6.45, 7) is 15.1. The molecule has 0 saturated heterocycles. The van der Waals surface area contributed by atoms with Crippen molar-refractivity contribution >= 4 is 31.8 Å². The molecule has 0 saturated carbocycles. The first-order chi connectivity index (χ1) is 14.4. The van der Waals surface area contributed by atoms with E-state index in [4.69, 9.17) is 14.7 Å². The van der Waals surface area contributed by atoms with Crippen LogP contribution in [0.2, 0.25) is 0 Å². The molecule has 1 N–H and O–H groups in total. The maximum atomic E-state index is 13.5. The van der Waals surface area contributed by atoms with E-state index in [0.717, 1.165) is 76.4 Å². The van der Waals surface area contributed by atoms with Gasteiger partial charge in [-0.2, -0.15) is 0 Å². The van der Waals surface area contributed by atoms with Crippen LogP contribution in [0.15, 0.2) is 10.9 Å². The summed E-state index contributed by atoms with van der Waals surface area (Å²) < 4.78 is 8.63. The molecule has 162 valence electrons. The molecule has 0 aromatic carbocycles. The maximum Gasteiger partial charge on any atom is 0.271 e. The lowest BCUT2D eigenvalue weighted by atomic mass is 9.95. The Morgan fingerprint density at radius 2 is 2.00 bits per heavy atom. The zero-order chi connectivity index (χ0) is 21.5. The zero-order valence-electron chi connectivity index (χ0n) is 18.8. The predicted molar refractivity (Wildman–Crippen MR) is 123 cm³/mol. The van der Waals surface area contributed by atoms with Crippen LogP contribution in [0.25, 0.3) is 20.4 Å². The lowest BCUT2D eigenvalue weighted by Gasteiger charge is -2.30. The first-order valence-corrected chi connectivity index (χ1v) is 12.0. The Kier molecular flexibility index (Phi) is 5.97. The van der Waals surface area contributed by atoms with E-state index in [1.807, 2.05) is 4.57 Å². The van der Waals surface area contributed by atoms with Crippen LogP contribution in [0.3, 0.4) is 0 Å². The fourth-order valence-electron chi connectivity index (χ4n) is 4.30. The van der Waals surface area contributed by atoms with Crippen molar-refractivity contribution < 1.29 is 9.64 Å². The van der Waals surface area contributed by atoms with Crippen molar-refractivity contribution in [3.05, 3.63) is 33.5 Å². The van der Waals surface area contributed by atoms with Crippen molar-refractivity contribution in [1.29, 1.82) is 0 Å². The van der Waals surface area contributed by atoms with E-state index in [1.165, 1.54) is 16.2 Å². The highest BCUT2D eigenvalue weighted by atomic mass is 32.1. The number of thiophene rings is 1. The summed E-state index contributed by atoms with van der Waals surface area (Å²) in [6.07, 6.45) is 2.57. The number of nitrogens with zero attached hydrogens (tertiary/aromatic N) is 3. The molecule has 4 rings (SSSR count). The normalized spacial score (nSPS) is 15.9. The van der Waals surface area contributed by atoms with Crippen LogP contribution in [0, 0.1) is 0 Å². The molecular weight excluding hydrogens is 396 g/mol. The molecule has 0 amide bonds. The van der Waals surface area contributed by atoms with E-state index >= 15 is 0 Å². The number of likely N-dealkylation sites (N-methyl/N-ethyl adjacent to an activating group) is 1. The predicted octanol–water partition coefficient (Wildman–Crippen LogP) is 2.73. The Balaban J connectivity index is 1.84. The number of aromatic nitrogens is 3. The van der Waals surface area contributed by atoms with E-state index in [2.05, 4.69) is 40.7 Å². The van der Waals surface area contributed by atoms with Crippen LogP contribution >= 0.6 is 11.3 Å². The third-order valence-corrected chi connectivity index (χ3v) is 7.27. The molecule has 7 heteroatoms. The first kappa shape index (κ1) is 21.4. The minimum Gasteiger partial charge on any atom is -0.370 e. The maximum absolute atomic E-state index is 13.5. The van der Waals surface area contributed by atoms with Crippen molar-refractivity contribution in [2.75, 3.05) is 19.6 Å². The number of hydrogen-bond donors (Lipinski definition) is 1. The lowest BCUT2D eigenvalue weighted by molar-refractivity contribution is -0.897. The number of quaternary nitrogens is 1. The largest absolute Gasteiger partial charge is 0.370 e. The highest BCUT2D eigenvalue weighted by Gasteiger charge is 2.28. The van der Waals surface area contributed by atoms with Crippen molar-refractivity contribution in [2.24, 2.45) is 0 Å². The van der Waals surface area contributed by atoms with Crippen LogP contribution < -0.4 is 10.5 Å². The van der Waals surface area contributed by atoms with Crippen molar-refractivity contribution in [3.8, 4) is 0 Å². The first-order valence-electron chi connectivity index (χ1n) is 11.2. The van der Waals surface area contributed by atoms with Crippen LogP contribution in [0.4, 0.5) is 0 Å². The third-order valence-electron chi connectivity index (χ3n) is 6.19. The van der Waals surface area contributed by atoms with Gasteiger partial charge >= 0.3 is 0 Å². The van der Waals surface area contributed by atoms with Crippen LogP contribution in [0.1, 0.15) is 58.1 Å². The fraction of sp³-hybridized carbons (Fsp3) is 0.609. The zero-order valence-corrected chi connectivity index (χ0v) is 19.6. The van der Waals surface area contributed by atoms with Gasteiger partial charge in [0.25, 0.3) is 5.56 Å². The van der Waals surface area contributed by atoms with Gasteiger partial charge in [0.2, 0.25) is 0 Å². The highest BCUT2D eigenvalue weighted by Crippen LogP contribution is 2.34. The van der Waals surface area contributed by atoms with E-state index in [9.17, 15) is 4.79 Å². The Hall–Kier alpha value is -1.83. The van der Waals surface area contributed by atoms with E-state index in [0.29, 0.717) is 13.2 Å². The van der Waals surface area contributed by atoms with Gasteiger partial charge in [0.1, 0.15) is 15.4 Å². The summed E-state index contributed by atoms with van der Waals surface area (Å²) in [5, 5.41) is 0.994. The summed E-state index contributed by atoms with van der Waals surface area (Å²) in [6, 6.07) is 2.15. The van der Waals surface area contributed by atoms with Crippen molar-refractivity contribution in [3.63, 3.8) is 0 Å². The molecule has 3 aromatic heterocycles. The number of pyridine rings is 1. The Morgan fingerprint density at radius 1 is 1.23 bits per heavy atom. The smallest absolute Gasteiger partial charge is 0.271 e. The summed E-state index contributed by atoms with van der Waals surface area (Å²) in [5.74, 6) is 0.899. The number of hydrogen-bond acceptors (Lipinski definition) is 5. The molecule has 0 aliphatic carbocycles. The van der Waals surface area contributed by atoms with E-state index < -0.39 is 0 Å². The van der Waals surface area contributed by atoms with Crippen LogP contribution in [-0.2, 0) is 30.7 Å². The van der Waals surface area contributed by atoms with Gasteiger partial charge in [-0.15, -0.1) is 11.3 Å². The molecule has 3 aromatic rings. The molecule has 0 atom stereocenters. The number of fused-ring (bicyclic) bond motifs is 4. The van der Waals surface area contributed by atoms with Gasteiger partial charge in [0, 0.05) is 23.8 Å². The summed E-state index contributed by atoms with van der Waals surface area (Å²) in [5.41, 5.74) is 2.91. The lowest BCUT2D eigenvalue weighted by Crippen LogP contribution is -3.11. The second kappa shape index (κ2) is 8.36.